The van der Waals surface area contributed by atoms with Gasteiger partial charge in [-0.05, 0) is 53.4 Å². The van der Waals surface area contributed by atoms with Crippen molar-refractivity contribution in [3.8, 4) is 0 Å². The van der Waals surface area contributed by atoms with Gasteiger partial charge >= 0.3 is 6.09 Å². The van der Waals surface area contributed by atoms with Gasteiger partial charge in [-0.2, -0.15) is 0 Å². The average molecular weight is 282 g/mol. The van der Waals surface area contributed by atoms with Gasteiger partial charge in [0.1, 0.15) is 5.60 Å². The Morgan fingerprint density at radius 3 is 2.20 bits per heavy atom. The summed E-state index contributed by atoms with van der Waals surface area (Å²) >= 11 is 0. The molecule has 2 fully saturated rings. The number of nitrogens with one attached hydrogen (secondary N) is 1. The van der Waals surface area contributed by atoms with Gasteiger partial charge in [-0.3, -0.25) is 4.79 Å². The van der Waals surface area contributed by atoms with Crippen molar-refractivity contribution in [2.45, 2.75) is 64.5 Å². The molecule has 1 saturated heterocycles. The Labute approximate surface area is 121 Å². The Bertz CT molecular complexity index is 388. The van der Waals surface area contributed by atoms with Crippen LogP contribution in [0.25, 0.3) is 0 Å². The van der Waals surface area contributed by atoms with Gasteiger partial charge in [-0.25, -0.2) is 4.79 Å². The van der Waals surface area contributed by atoms with E-state index in [2.05, 4.69) is 12.2 Å². The summed E-state index contributed by atoms with van der Waals surface area (Å²) in [5.74, 6) is 0.411. The molecule has 114 valence electrons. The molecule has 2 aliphatic rings. The second-order valence-corrected chi connectivity index (χ2v) is 7.29. The molecule has 0 aromatic heterocycles. The molecule has 0 bridgehead atoms. The zero-order valence-corrected chi connectivity index (χ0v) is 13.0. The Morgan fingerprint density at radius 2 is 1.75 bits per heavy atom. The lowest BCUT2D eigenvalue weighted by atomic mass is 9.89. The molecular weight excluding hydrogens is 256 g/mol. The summed E-state index contributed by atoms with van der Waals surface area (Å²) in [6.45, 7) is 8.95. The first-order valence-corrected chi connectivity index (χ1v) is 7.48. The van der Waals surface area contributed by atoms with Gasteiger partial charge in [-0.15, -0.1) is 0 Å². The highest BCUT2D eigenvalue weighted by Gasteiger charge is 2.38. The van der Waals surface area contributed by atoms with Crippen molar-refractivity contribution in [3.05, 3.63) is 0 Å². The van der Waals surface area contributed by atoms with Crippen LogP contribution in [0.15, 0.2) is 0 Å². The van der Waals surface area contributed by atoms with E-state index < -0.39 is 5.60 Å². The minimum absolute atomic E-state index is 0.179. The van der Waals surface area contributed by atoms with Crippen LogP contribution in [0.5, 0.6) is 0 Å². The lowest BCUT2D eigenvalue weighted by Crippen LogP contribution is -2.55. The van der Waals surface area contributed by atoms with Crippen molar-refractivity contribution in [2.75, 3.05) is 13.1 Å². The quantitative estimate of drug-likeness (QED) is 0.845. The molecule has 0 atom stereocenters. The number of hydrogen-bond donors (Lipinski definition) is 1. The van der Waals surface area contributed by atoms with Gasteiger partial charge in [0, 0.05) is 24.5 Å². The molecule has 0 radical (unpaired) electrons. The lowest BCUT2D eigenvalue weighted by molar-refractivity contribution is -0.124. The van der Waals surface area contributed by atoms with Crippen LogP contribution in [0.3, 0.4) is 0 Å². The summed E-state index contributed by atoms with van der Waals surface area (Å²) in [6.07, 6.45) is 3.35. The summed E-state index contributed by atoms with van der Waals surface area (Å²) in [7, 11) is 0. The first-order valence-electron chi connectivity index (χ1n) is 7.48. The Morgan fingerprint density at radius 1 is 1.20 bits per heavy atom. The first kappa shape index (κ1) is 15.1. The maximum absolute atomic E-state index is 12.0. The van der Waals surface area contributed by atoms with E-state index in [1.54, 1.807) is 4.90 Å². The SMILES string of the molecule is CC1(NC(=O)C2CC2)CCN(C(=O)OC(C)(C)C)CC1. The smallest absolute Gasteiger partial charge is 0.410 e. The summed E-state index contributed by atoms with van der Waals surface area (Å²) in [6, 6.07) is 0. The van der Waals surface area contributed by atoms with E-state index >= 15 is 0 Å². The molecule has 2 rings (SSSR count). The van der Waals surface area contributed by atoms with Gasteiger partial charge in [0.15, 0.2) is 0 Å². The van der Waals surface area contributed by atoms with Crippen molar-refractivity contribution in [1.82, 2.24) is 10.2 Å². The molecule has 0 aromatic carbocycles. The number of piperidine rings is 1. The second kappa shape index (κ2) is 5.26. The molecule has 0 spiro atoms. The van der Waals surface area contributed by atoms with E-state index in [1.807, 2.05) is 20.8 Å². The number of likely N-dealkylation sites (tertiary alicyclic amines) is 1. The molecular formula is C15H26N2O3. The zero-order chi connectivity index (χ0) is 15.0. The zero-order valence-electron chi connectivity index (χ0n) is 13.0. The third-order valence-electron chi connectivity index (χ3n) is 3.89. The van der Waals surface area contributed by atoms with Crippen LogP contribution < -0.4 is 5.32 Å². The molecule has 5 nitrogen and oxygen atoms in total. The molecule has 1 aliphatic carbocycles. The minimum atomic E-state index is -0.460. The second-order valence-electron chi connectivity index (χ2n) is 7.29. The molecule has 2 amide bonds. The maximum Gasteiger partial charge on any atom is 0.410 e. The van der Waals surface area contributed by atoms with E-state index in [4.69, 9.17) is 4.74 Å². The van der Waals surface area contributed by atoms with Crippen molar-refractivity contribution < 1.29 is 14.3 Å². The molecule has 1 saturated carbocycles. The largest absolute Gasteiger partial charge is 0.444 e. The van der Waals surface area contributed by atoms with E-state index in [0.29, 0.717) is 13.1 Å². The van der Waals surface area contributed by atoms with Gasteiger partial charge < -0.3 is 15.0 Å². The van der Waals surface area contributed by atoms with Crippen LogP contribution in [0.4, 0.5) is 4.79 Å². The molecule has 1 heterocycles. The monoisotopic (exact) mass is 282 g/mol. The highest BCUT2D eigenvalue weighted by atomic mass is 16.6. The van der Waals surface area contributed by atoms with Crippen LogP contribution in [0.2, 0.25) is 0 Å². The fourth-order valence-electron chi connectivity index (χ4n) is 2.38. The van der Waals surface area contributed by atoms with E-state index in [9.17, 15) is 9.59 Å². The normalized spacial score (nSPS) is 22.3. The molecule has 20 heavy (non-hydrogen) atoms. The molecule has 0 aromatic rings. The summed E-state index contributed by atoms with van der Waals surface area (Å²) in [4.78, 5) is 25.6. The molecule has 1 aliphatic heterocycles. The van der Waals surface area contributed by atoms with Gasteiger partial charge in [0.25, 0.3) is 0 Å². The van der Waals surface area contributed by atoms with Crippen molar-refractivity contribution in [3.63, 3.8) is 0 Å². The minimum Gasteiger partial charge on any atom is -0.444 e. The van der Waals surface area contributed by atoms with E-state index in [-0.39, 0.29) is 23.5 Å². The van der Waals surface area contributed by atoms with E-state index in [1.165, 1.54) is 0 Å². The number of amides is 2. The van der Waals surface area contributed by atoms with Crippen LogP contribution in [0.1, 0.15) is 53.4 Å². The Hall–Kier alpha value is -1.26. The standard InChI is InChI=1S/C15H26N2O3/c1-14(2,3)20-13(19)17-9-7-15(4,8-10-17)16-12(18)11-5-6-11/h11H,5-10H2,1-4H3,(H,16,18). The van der Waals surface area contributed by atoms with Gasteiger partial charge in [0.2, 0.25) is 5.91 Å². The number of ether oxygens (including phenoxy) is 1. The highest BCUT2D eigenvalue weighted by molar-refractivity contribution is 5.81. The van der Waals surface area contributed by atoms with Crippen LogP contribution in [0, 0.1) is 5.92 Å². The van der Waals surface area contributed by atoms with E-state index in [0.717, 1.165) is 25.7 Å². The maximum atomic E-state index is 12.0. The Balaban J connectivity index is 1.81. The van der Waals surface area contributed by atoms with Crippen molar-refractivity contribution in [2.24, 2.45) is 5.92 Å². The fourth-order valence-corrected chi connectivity index (χ4v) is 2.38. The molecule has 5 heteroatoms. The Kier molecular flexibility index (Phi) is 3.98. The van der Waals surface area contributed by atoms with Crippen LogP contribution in [-0.2, 0) is 9.53 Å². The summed E-state index contributed by atoms with van der Waals surface area (Å²) in [5.41, 5.74) is -0.643. The topological polar surface area (TPSA) is 58.6 Å². The van der Waals surface area contributed by atoms with Crippen LogP contribution >= 0.6 is 0 Å². The lowest BCUT2D eigenvalue weighted by Gasteiger charge is -2.40. The molecule has 0 unspecified atom stereocenters. The van der Waals surface area contributed by atoms with Gasteiger partial charge in [0.05, 0.1) is 0 Å². The average Bonchev–Trinajstić information content (AvgIpc) is 3.10. The third-order valence-corrected chi connectivity index (χ3v) is 3.89. The van der Waals surface area contributed by atoms with Gasteiger partial charge in [-0.1, -0.05) is 0 Å². The number of carbonyl (C=O) groups is 2. The number of nitrogens with zero attached hydrogens (tertiary/aromatic N) is 1. The fraction of sp³-hybridized carbons (Fsp3) is 0.867. The summed E-state index contributed by atoms with van der Waals surface area (Å²) in [5, 5.41) is 3.15. The van der Waals surface area contributed by atoms with Crippen molar-refractivity contribution in [1.29, 1.82) is 0 Å². The predicted octanol–water partition coefficient (Wildman–Crippen LogP) is 2.30. The number of hydrogen-bond acceptors (Lipinski definition) is 3. The third kappa shape index (κ3) is 4.12. The molecule has 1 N–H and O–H groups in total. The van der Waals surface area contributed by atoms with Crippen LogP contribution in [-0.4, -0.2) is 41.1 Å². The number of rotatable bonds is 2. The highest BCUT2D eigenvalue weighted by Crippen LogP contribution is 2.31. The first-order chi connectivity index (χ1) is 9.19. The predicted molar refractivity (Wildman–Crippen MR) is 76.3 cm³/mol. The summed E-state index contributed by atoms with van der Waals surface area (Å²) < 4.78 is 5.37. The number of carbonyl (C=O) groups excluding carboxylic acids is 2. The van der Waals surface area contributed by atoms with Crippen molar-refractivity contribution >= 4 is 12.0 Å².